The number of allylic oxidation sites excluding steroid dienone is 1. The Balaban J connectivity index is 0.000000392. The molecule has 36 heavy (non-hydrogen) atoms. The van der Waals surface area contributed by atoms with Crippen molar-refractivity contribution >= 4 is 34.8 Å². The minimum atomic E-state index is -1.26. The molecule has 1 atom stereocenters. The first-order chi connectivity index (χ1) is 17.4. The lowest BCUT2D eigenvalue weighted by Gasteiger charge is -2.27. The molecule has 0 bridgehead atoms. The van der Waals surface area contributed by atoms with Crippen LogP contribution in [-0.4, -0.2) is 62.2 Å². The van der Waals surface area contributed by atoms with Gasteiger partial charge in [-0.15, -0.1) is 0 Å². The Hall–Kier alpha value is -3.82. The highest BCUT2D eigenvalue weighted by atomic mass is 16.4. The molecule has 3 heterocycles. The number of nitrogens with one attached hydrogen (secondary N) is 3. The number of aliphatic carboxylic acids is 2. The van der Waals surface area contributed by atoms with Crippen LogP contribution in [0.1, 0.15) is 63.4 Å². The van der Waals surface area contributed by atoms with E-state index >= 15 is 0 Å². The van der Waals surface area contributed by atoms with Crippen molar-refractivity contribution in [2.75, 3.05) is 18.4 Å². The number of urea groups is 1. The smallest absolute Gasteiger partial charge is 0.328 e. The summed E-state index contributed by atoms with van der Waals surface area (Å²) in [6.45, 7) is 4.49. The highest BCUT2D eigenvalue weighted by molar-refractivity contribution is 5.91. The van der Waals surface area contributed by atoms with Gasteiger partial charge in [0.2, 0.25) is 0 Å². The van der Waals surface area contributed by atoms with Crippen molar-refractivity contribution in [1.82, 2.24) is 20.2 Å². The van der Waals surface area contributed by atoms with E-state index in [1.165, 1.54) is 31.2 Å². The summed E-state index contributed by atoms with van der Waals surface area (Å²) in [5.74, 6) is -1.55. The molecule has 2 aliphatic rings. The number of aromatic nitrogens is 2. The molecule has 0 spiro atoms. The van der Waals surface area contributed by atoms with Crippen LogP contribution in [0.25, 0.3) is 11.0 Å². The molecule has 1 saturated carbocycles. The van der Waals surface area contributed by atoms with E-state index in [1.807, 2.05) is 12.1 Å². The molecule has 194 valence electrons. The monoisotopic (exact) mass is 497 g/mol. The second-order valence-corrected chi connectivity index (χ2v) is 9.05. The third kappa shape index (κ3) is 8.75. The number of H-pyrrole nitrogens is 1. The molecule has 10 heteroatoms. The zero-order valence-corrected chi connectivity index (χ0v) is 20.6. The van der Waals surface area contributed by atoms with Gasteiger partial charge in [-0.2, -0.15) is 0 Å². The number of hydrogen-bond donors (Lipinski definition) is 5. The van der Waals surface area contributed by atoms with E-state index in [-0.39, 0.29) is 6.03 Å². The number of anilines is 1. The molecule has 0 saturated heterocycles. The number of aromatic amines is 1. The fourth-order valence-electron chi connectivity index (χ4n) is 3.97. The third-order valence-electron chi connectivity index (χ3n) is 6.03. The van der Waals surface area contributed by atoms with Crippen molar-refractivity contribution in [3.63, 3.8) is 0 Å². The van der Waals surface area contributed by atoms with Crippen LogP contribution in [0.15, 0.2) is 42.8 Å². The van der Waals surface area contributed by atoms with Gasteiger partial charge < -0.3 is 25.4 Å². The van der Waals surface area contributed by atoms with Gasteiger partial charge in [0.1, 0.15) is 5.82 Å². The molecule has 1 fully saturated rings. The second kappa shape index (κ2) is 13.3. The van der Waals surface area contributed by atoms with Crippen molar-refractivity contribution in [2.24, 2.45) is 0 Å². The normalized spacial score (nSPS) is 17.0. The second-order valence-electron chi connectivity index (χ2n) is 9.05. The Morgan fingerprint density at radius 1 is 1.11 bits per heavy atom. The first-order valence-corrected chi connectivity index (χ1v) is 12.5. The minimum Gasteiger partial charge on any atom is -0.478 e. The standard InChI is InChI=1S/C22H31N5O.C4H4O4/c1-2-3-4-5-12-27-13-10-16(11-14-27)18-15-23-19-8-9-20(25-21(18)19)26-22(28)24-17-6-7-17;5-3(6)1-2-4(7)8/h8-10,13,15-17,23H,2-7,11-12,14H2,1H3,(H2,24,25,26,28);1-2H,(H,5,6)(H,7,8)/b;2-1+. The van der Waals surface area contributed by atoms with E-state index < -0.39 is 11.9 Å². The van der Waals surface area contributed by atoms with Gasteiger partial charge in [-0.1, -0.05) is 32.3 Å². The maximum absolute atomic E-state index is 12.0. The largest absolute Gasteiger partial charge is 0.478 e. The Bertz CT molecular complexity index is 1090. The molecule has 4 rings (SSSR count). The van der Waals surface area contributed by atoms with Crippen LogP contribution in [0.3, 0.4) is 0 Å². The summed E-state index contributed by atoms with van der Waals surface area (Å²) in [5, 5.41) is 21.4. The first-order valence-electron chi connectivity index (χ1n) is 12.5. The number of pyridine rings is 1. The number of nitrogens with zero attached hydrogens (tertiary/aromatic N) is 2. The Morgan fingerprint density at radius 2 is 1.86 bits per heavy atom. The SMILES string of the molecule is CCCCCCN1C=CC(c2c[nH]c3ccc(NC(=O)NC4CC4)nc23)CC1.O=C(O)/C=C/C(=O)O. The number of carbonyl (C=O) groups excluding carboxylic acids is 1. The Labute approximate surface area is 210 Å². The van der Waals surface area contributed by atoms with Crippen molar-refractivity contribution in [3.05, 3.63) is 48.3 Å². The summed E-state index contributed by atoms with van der Waals surface area (Å²) in [6, 6.07) is 4.01. The van der Waals surface area contributed by atoms with Crippen LogP contribution in [0, 0.1) is 0 Å². The maximum atomic E-state index is 12.0. The van der Waals surface area contributed by atoms with E-state index in [0.29, 0.717) is 29.9 Å². The van der Waals surface area contributed by atoms with Gasteiger partial charge in [-0.05, 0) is 44.0 Å². The topological polar surface area (TPSA) is 148 Å². The van der Waals surface area contributed by atoms with Gasteiger partial charge in [-0.25, -0.2) is 19.4 Å². The van der Waals surface area contributed by atoms with E-state index in [0.717, 1.165) is 43.4 Å². The number of unbranched alkanes of at least 4 members (excludes halogenated alkanes) is 3. The van der Waals surface area contributed by atoms with Gasteiger partial charge in [0.15, 0.2) is 0 Å². The fraction of sp³-hybridized carbons (Fsp3) is 0.462. The lowest BCUT2D eigenvalue weighted by Crippen LogP contribution is -2.30. The Kier molecular flexibility index (Phi) is 9.91. The van der Waals surface area contributed by atoms with Crippen LogP contribution in [0.4, 0.5) is 10.6 Å². The average Bonchev–Trinajstić information content (AvgIpc) is 3.57. The van der Waals surface area contributed by atoms with Crippen molar-refractivity contribution in [2.45, 2.75) is 63.8 Å². The molecule has 1 aliphatic heterocycles. The van der Waals surface area contributed by atoms with Gasteiger partial charge in [-0.3, -0.25) is 5.32 Å². The maximum Gasteiger partial charge on any atom is 0.328 e. The molecule has 2 aromatic rings. The van der Waals surface area contributed by atoms with Crippen LogP contribution in [0.2, 0.25) is 0 Å². The van der Waals surface area contributed by atoms with Gasteiger partial charge in [0.25, 0.3) is 0 Å². The van der Waals surface area contributed by atoms with E-state index in [4.69, 9.17) is 15.2 Å². The molecule has 2 aromatic heterocycles. The summed E-state index contributed by atoms with van der Waals surface area (Å²) >= 11 is 0. The highest BCUT2D eigenvalue weighted by Crippen LogP contribution is 2.31. The molecule has 10 nitrogen and oxygen atoms in total. The van der Waals surface area contributed by atoms with Crippen LogP contribution in [-0.2, 0) is 9.59 Å². The van der Waals surface area contributed by atoms with E-state index in [9.17, 15) is 14.4 Å². The number of carboxylic acids is 2. The first kappa shape index (κ1) is 26.8. The van der Waals surface area contributed by atoms with Crippen LogP contribution >= 0.6 is 0 Å². The predicted molar refractivity (Wildman–Crippen MR) is 138 cm³/mol. The van der Waals surface area contributed by atoms with E-state index in [1.54, 1.807) is 0 Å². The number of fused-ring (bicyclic) bond motifs is 1. The van der Waals surface area contributed by atoms with Crippen molar-refractivity contribution < 1.29 is 24.6 Å². The number of rotatable bonds is 10. The summed E-state index contributed by atoms with van der Waals surface area (Å²) in [4.78, 5) is 41.6. The summed E-state index contributed by atoms with van der Waals surface area (Å²) in [6.07, 6.45) is 16.2. The molecule has 0 aromatic carbocycles. The minimum absolute atomic E-state index is 0.164. The van der Waals surface area contributed by atoms with E-state index in [2.05, 4.69) is 45.9 Å². The number of carboxylic acid groups (broad SMARTS) is 2. The lowest BCUT2D eigenvalue weighted by atomic mass is 9.94. The van der Waals surface area contributed by atoms with Gasteiger partial charge in [0.05, 0.1) is 11.0 Å². The summed E-state index contributed by atoms with van der Waals surface area (Å²) in [5.41, 5.74) is 3.18. The molecule has 1 aliphatic carbocycles. The van der Waals surface area contributed by atoms with Crippen LogP contribution in [0.5, 0.6) is 0 Å². The number of carbonyl (C=O) groups is 3. The lowest BCUT2D eigenvalue weighted by molar-refractivity contribution is -0.134. The van der Waals surface area contributed by atoms with Crippen LogP contribution < -0.4 is 10.6 Å². The van der Waals surface area contributed by atoms with Gasteiger partial charge >= 0.3 is 18.0 Å². The molecule has 1 unspecified atom stereocenters. The third-order valence-corrected chi connectivity index (χ3v) is 6.03. The zero-order chi connectivity index (χ0) is 25.9. The molecule has 5 N–H and O–H groups in total. The fourth-order valence-corrected chi connectivity index (χ4v) is 3.97. The zero-order valence-electron chi connectivity index (χ0n) is 20.6. The quantitative estimate of drug-likeness (QED) is 0.241. The molecular formula is C26H35N5O5. The number of hydrogen-bond acceptors (Lipinski definition) is 5. The molecule has 2 amide bonds. The molecule has 0 radical (unpaired) electrons. The molecular weight excluding hydrogens is 462 g/mol. The summed E-state index contributed by atoms with van der Waals surface area (Å²) in [7, 11) is 0. The van der Waals surface area contributed by atoms with Gasteiger partial charge in [0, 0.05) is 49.0 Å². The van der Waals surface area contributed by atoms with Crippen molar-refractivity contribution in [3.8, 4) is 0 Å². The number of amides is 2. The summed E-state index contributed by atoms with van der Waals surface area (Å²) < 4.78 is 0. The van der Waals surface area contributed by atoms with Crippen molar-refractivity contribution in [1.29, 1.82) is 0 Å². The highest BCUT2D eigenvalue weighted by Gasteiger charge is 2.23. The Morgan fingerprint density at radius 3 is 2.47 bits per heavy atom. The average molecular weight is 498 g/mol. The predicted octanol–water partition coefficient (Wildman–Crippen LogP) is 4.44.